The maximum absolute atomic E-state index is 6.19. The Hall–Kier alpha value is -1.67. The molecule has 2 aromatic carbocycles. The van der Waals surface area contributed by atoms with Gasteiger partial charge in [-0.2, -0.15) is 0 Å². The summed E-state index contributed by atoms with van der Waals surface area (Å²) in [6.07, 6.45) is 0.926. The van der Waals surface area contributed by atoms with Crippen LogP contribution in [-0.2, 0) is 6.42 Å². The third kappa shape index (κ3) is 3.42. The van der Waals surface area contributed by atoms with Crippen LogP contribution in [0.4, 0.5) is 5.69 Å². The van der Waals surface area contributed by atoms with Crippen LogP contribution in [0, 0.1) is 0 Å². The van der Waals surface area contributed by atoms with Crippen LogP contribution in [0.1, 0.15) is 12.5 Å². The summed E-state index contributed by atoms with van der Waals surface area (Å²) >= 11 is 6.19. The zero-order valence-electron chi connectivity index (χ0n) is 11.5. The van der Waals surface area contributed by atoms with E-state index in [0.29, 0.717) is 0 Å². The number of rotatable bonds is 4. The Kier molecular flexibility index (Phi) is 4.33. The Morgan fingerprint density at radius 1 is 1.05 bits per heavy atom. The molecule has 0 radical (unpaired) electrons. The summed E-state index contributed by atoms with van der Waals surface area (Å²) in [5, 5.41) is 0.753. The lowest BCUT2D eigenvalue weighted by molar-refractivity contribution is 0.482. The van der Waals surface area contributed by atoms with Gasteiger partial charge in [0.15, 0.2) is 0 Å². The fraction of sp³-hybridized carbons (Fsp3) is 0.250. The third-order valence-electron chi connectivity index (χ3n) is 2.98. The van der Waals surface area contributed by atoms with Crippen molar-refractivity contribution in [1.82, 2.24) is 0 Å². The summed E-state index contributed by atoms with van der Waals surface area (Å²) in [7, 11) is 4.01. The molecule has 3 heteroatoms. The van der Waals surface area contributed by atoms with E-state index >= 15 is 0 Å². The Balaban J connectivity index is 2.21. The van der Waals surface area contributed by atoms with Gasteiger partial charge in [-0.25, -0.2) is 0 Å². The minimum Gasteiger partial charge on any atom is -0.457 e. The molecule has 0 amide bonds. The second-order valence-corrected chi connectivity index (χ2v) is 5.01. The predicted molar refractivity (Wildman–Crippen MR) is 81.7 cm³/mol. The monoisotopic (exact) mass is 275 g/mol. The van der Waals surface area contributed by atoms with E-state index in [-0.39, 0.29) is 0 Å². The van der Waals surface area contributed by atoms with Gasteiger partial charge in [0.25, 0.3) is 0 Å². The normalized spacial score (nSPS) is 10.3. The van der Waals surface area contributed by atoms with E-state index in [0.717, 1.165) is 34.2 Å². The van der Waals surface area contributed by atoms with Gasteiger partial charge in [0.2, 0.25) is 0 Å². The van der Waals surface area contributed by atoms with Crippen LogP contribution in [-0.4, -0.2) is 14.1 Å². The van der Waals surface area contributed by atoms with Crippen LogP contribution in [0.2, 0.25) is 5.02 Å². The largest absolute Gasteiger partial charge is 0.457 e. The fourth-order valence-corrected chi connectivity index (χ4v) is 2.14. The molecule has 2 aromatic rings. The van der Waals surface area contributed by atoms with E-state index < -0.39 is 0 Å². The lowest BCUT2D eigenvalue weighted by Gasteiger charge is -2.14. The predicted octanol–water partition coefficient (Wildman–Crippen LogP) is 4.76. The van der Waals surface area contributed by atoms with Crippen LogP contribution >= 0.6 is 11.6 Å². The molecule has 0 aliphatic rings. The number of nitrogens with zero attached hydrogens (tertiary/aromatic N) is 1. The maximum atomic E-state index is 6.19. The van der Waals surface area contributed by atoms with Gasteiger partial charge in [0.1, 0.15) is 11.5 Å². The van der Waals surface area contributed by atoms with Crippen molar-refractivity contribution in [3.63, 3.8) is 0 Å². The van der Waals surface area contributed by atoms with Crippen molar-refractivity contribution in [2.24, 2.45) is 0 Å². The lowest BCUT2D eigenvalue weighted by Crippen LogP contribution is -2.08. The van der Waals surface area contributed by atoms with E-state index in [1.54, 1.807) is 0 Å². The highest BCUT2D eigenvalue weighted by molar-refractivity contribution is 6.31. The molecule has 0 unspecified atom stereocenters. The Morgan fingerprint density at radius 3 is 2.42 bits per heavy atom. The average molecular weight is 276 g/mol. The molecule has 0 atom stereocenters. The van der Waals surface area contributed by atoms with Gasteiger partial charge in [-0.3, -0.25) is 0 Å². The van der Waals surface area contributed by atoms with Crippen molar-refractivity contribution in [2.75, 3.05) is 19.0 Å². The lowest BCUT2D eigenvalue weighted by atomic mass is 10.2. The number of hydrogen-bond donors (Lipinski definition) is 0. The van der Waals surface area contributed by atoms with E-state index in [1.165, 1.54) is 0 Å². The second-order valence-electron chi connectivity index (χ2n) is 4.60. The number of hydrogen-bond acceptors (Lipinski definition) is 2. The van der Waals surface area contributed by atoms with Gasteiger partial charge in [-0.05, 0) is 36.2 Å². The van der Waals surface area contributed by atoms with E-state index in [9.17, 15) is 0 Å². The molecular weight excluding hydrogens is 258 g/mol. The topological polar surface area (TPSA) is 12.5 Å². The van der Waals surface area contributed by atoms with Crippen molar-refractivity contribution >= 4 is 17.3 Å². The summed E-state index contributed by atoms with van der Waals surface area (Å²) in [6.45, 7) is 2.09. The number of halogens is 1. The highest BCUT2D eigenvalue weighted by Crippen LogP contribution is 2.28. The van der Waals surface area contributed by atoms with Crippen molar-refractivity contribution in [2.45, 2.75) is 13.3 Å². The van der Waals surface area contributed by atoms with Crippen LogP contribution in [0.15, 0.2) is 42.5 Å². The van der Waals surface area contributed by atoms with Crippen LogP contribution in [0.3, 0.4) is 0 Å². The first kappa shape index (κ1) is 13.8. The number of ether oxygens (including phenoxy) is 1. The molecule has 0 aliphatic heterocycles. The van der Waals surface area contributed by atoms with Gasteiger partial charge in [0, 0.05) is 30.9 Å². The van der Waals surface area contributed by atoms with Gasteiger partial charge in [-0.15, -0.1) is 0 Å². The fourth-order valence-electron chi connectivity index (χ4n) is 1.84. The van der Waals surface area contributed by atoms with E-state index in [2.05, 4.69) is 6.92 Å². The first-order valence-electron chi connectivity index (χ1n) is 6.34. The molecule has 0 heterocycles. The van der Waals surface area contributed by atoms with E-state index in [4.69, 9.17) is 16.3 Å². The van der Waals surface area contributed by atoms with Crippen molar-refractivity contribution in [3.8, 4) is 11.5 Å². The molecular formula is C16H18ClNO. The Bertz CT molecular complexity index is 566. The number of aryl methyl sites for hydroxylation is 1. The van der Waals surface area contributed by atoms with E-state index in [1.807, 2.05) is 61.5 Å². The number of anilines is 1. The first-order valence-corrected chi connectivity index (χ1v) is 6.71. The molecule has 0 bridgehead atoms. The summed E-state index contributed by atoms with van der Waals surface area (Å²) in [5.74, 6) is 1.57. The number of benzene rings is 2. The van der Waals surface area contributed by atoms with Gasteiger partial charge in [-0.1, -0.05) is 30.7 Å². The molecule has 19 heavy (non-hydrogen) atoms. The Morgan fingerprint density at radius 2 is 1.79 bits per heavy atom. The molecule has 0 aliphatic carbocycles. The maximum Gasteiger partial charge on any atom is 0.129 e. The SMILES string of the molecule is CCc1ccc(Oc2cccc(N(C)C)c2)cc1Cl. The van der Waals surface area contributed by atoms with Crippen molar-refractivity contribution < 1.29 is 4.74 Å². The molecule has 2 nitrogen and oxygen atoms in total. The molecule has 2 rings (SSSR count). The minimum absolute atomic E-state index is 0.753. The van der Waals surface area contributed by atoms with Gasteiger partial charge >= 0.3 is 0 Å². The molecule has 0 saturated heterocycles. The smallest absolute Gasteiger partial charge is 0.129 e. The van der Waals surface area contributed by atoms with Crippen LogP contribution < -0.4 is 9.64 Å². The van der Waals surface area contributed by atoms with Crippen molar-refractivity contribution in [3.05, 3.63) is 53.1 Å². The second kappa shape index (κ2) is 5.98. The molecule has 0 saturated carbocycles. The minimum atomic E-state index is 0.753. The standard InChI is InChI=1S/C16H18ClNO/c1-4-12-8-9-15(11-16(12)17)19-14-7-5-6-13(10-14)18(2)3/h5-11H,4H2,1-3H3. The molecule has 0 N–H and O–H groups in total. The highest BCUT2D eigenvalue weighted by atomic mass is 35.5. The molecule has 0 aromatic heterocycles. The molecule has 0 spiro atoms. The van der Waals surface area contributed by atoms with Gasteiger partial charge in [0.05, 0.1) is 0 Å². The summed E-state index contributed by atoms with van der Waals surface area (Å²) in [4.78, 5) is 2.04. The average Bonchev–Trinajstić information content (AvgIpc) is 2.39. The van der Waals surface area contributed by atoms with Gasteiger partial charge < -0.3 is 9.64 Å². The summed E-state index contributed by atoms with van der Waals surface area (Å²) in [6, 6.07) is 13.8. The van der Waals surface area contributed by atoms with Crippen LogP contribution in [0.25, 0.3) is 0 Å². The quantitative estimate of drug-likeness (QED) is 0.798. The molecule has 0 fully saturated rings. The zero-order valence-corrected chi connectivity index (χ0v) is 12.2. The summed E-state index contributed by atoms with van der Waals surface area (Å²) < 4.78 is 5.84. The Labute approximate surface area is 119 Å². The van der Waals surface area contributed by atoms with Crippen LogP contribution in [0.5, 0.6) is 11.5 Å². The third-order valence-corrected chi connectivity index (χ3v) is 3.33. The van der Waals surface area contributed by atoms with Crippen molar-refractivity contribution in [1.29, 1.82) is 0 Å². The highest BCUT2D eigenvalue weighted by Gasteiger charge is 2.03. The zero-order chi connectivity index (χ0) is 13.8. The first-order chi connectivity index (χ1) is 9.10. The molecule has 100 valence electrons. The summed E-state index contributed by atoms with van der Waals surface area (Å²) in [5.41, 5.74) is 2.24.